The number of alkyl halides is 1. The molecule has 0 bridgehead atoms. The van der Waals surface area contributed by atoms with Gasteiger partial charge in [0.2, 0.25) is 0 Å². The first-order chi connectivity index (χ1) is 14.2. The van der Waals surface area contributed by atoms with E-state index in [0.29, 0.717) is 28.6 Å². The Hall–Kier alpha value is -3.34. The zero-order valence-corrected chi connectivity index (χ0v) is 16.4. The molecule has 0 fully saturated rings. The Morgan fingerprint density at radius 3 is 2.28 bits per heavy atom. The van der Waals surface area contributed by atoms with Gasteiger partial charge in [-0.3, -0.25) is 4.79 Å². The van der Waals surface area contributed by atoms with Crippen molar-refractivity contribution in [1.29, 1.82) is 0 Å². The van der Waals surface area contributed by atoms with Gasteiger partial charge in [0.25, 0.3) is 0 Å². The molecule has 1 atom stereocenters. The number of ether oxygens (including phenoxy) is 3. The summed E-state index contributed by atoms with van der Waals surface area (Å²) in [6.45, 7) is -1.06. The third kappa shape index (κ3) is 4.93. The Morgan fingerprint density at radius 2 is 1.59 bits per heavy atom. The van der Waals surface area contributed by atoms with Crippen LogP contribution in [0.4, 0.5) is 4.39 Å². The molecule has 1 unspecified atom stereocenters. The molecule has 5 heteroatoms. The van der Waals surface area contributed by atoms with E-state index in [2.05, 4.69) is 0 Å². The summed E-state index contributed by atoms with van der Waals surface area (Å²) in [5, 5.41) is 0. The molecule has 150 valence electrons. The lowest BCUT2D eigenvalue weighted by molar-refractivity contribution is -0.121. The summed E-state index contributed by atoms with van der Waals surface area (Å²) in [4.78, 5) is 12.6. The first kappa shape index (κ1) is 20.4. The second-order valence-corrected chi connectivity index (χ2v) is 6.49. The molecule has 0 aliphatic heterocycles. The third-order valence-corrected chi connectivity index (χ3v) is 4.70. The summed E-state index contributed by atoms with van der Waals surface area (Å²) < 4.78 is 30.2. The molecule has 0 heterocycles. The maximum atomic E-state index is 13.5. The molecule has 0 saturated heterocycles. The van der Waals surface area contributed by atoms with Gasteiger partial charge in [-0.2, -0.15) is 0 Å². The average molecular weight is 394 g/mol. The molecule has 0 spiro atoms. The summed E-state index contributed by atoms with van der Waals surface area (Å²) in [6, 6.07) is 21.8. The summed E-state index contributed by atoms with van der Waals surface area (Å²) in [6.07, 6.45) is 0.262. The van der Waals surface area contributed by atoms with E-state index in [1.807, 2.05) is 42.5 Å². The average Bonchev–Trinajstić information content (AvgIpc) is 2.78. The summed E-state index contributed by atoms with van der Waals surface area (Å²) >= 11 is 0. The van der Waals surface area contributed by atoms with E-state index < -0.39 is 18.4 Å². The Morgan fingerprint density at radius 1 is 0.862 bits per heavy atom. The predicted octanol–water partition coefficient (Wildman–Crippen LogP) is 5.36. The van der Waals surface area contributed by atoms with Crippen molar-refractivity contribution in [2.75, 3.05) is 20.9 Å². The highest BCUT2D eigenvalue weighted by molar-refractivity contribution is 5.88. The zero-order chi connectivity index (χ0) is 20.6. The molecule has 0 saturated carbocycles. The third-order valence-electron chi connectivity index (χ3n) is 4.70. The molecule has 0 aliphatic carbocycles. The molecular formula is C24H23FO4. The van der Waals surface area contributed by atoms with Crippen molar-refractivity contribution in [3.63, 3.8) is 0 Å². The first-order valence-electron chi connectivity index (χ1n) is 9.27. The van der Waals surface area contributed by atoms with E-state index in [1.54, 1.807) is 44.6 Å². The summed E-state index contributed by atoms with van der Waals surface area (Å²) in [7, 11) is 3.13. The lowest BCUT2D eigenvalue weighted by Crippen LogP contribution is -2.18. The maximum absolute atomic E-state index is 13.5. The van der Waals surface area contributed by atoms with E-state index in [9.17, 15) is 9.18 Å². The lowest BCUT2D eigenvalue weighted by atomic mass is 9.87. The van der Waals surface area contributed by atoms with Gasteiger partial charge in [-0.1, -0.05) is 36.4 Å². The number of rotatable bonds is 9. The van der Waals surface area contributed by atoms with Gasteiger partial charge >= 0.3 is 0 Å². The smallest absolute Gasteiger partial charge is 0.171 e. The van der Waals surface area contributed by atoms with Gasteiger partial charge in [-0.05, 0) is 48.4 Å². The van der Waals surface area contributed by atoms with Crippen molar-refractivity contribution in [3.8, 4) is 23.0 Å². The molecule has 29 heavy (non-hydrogen) atoms. The molecule has 3 rings (SSSR count). The summed E-state index contributed by atoms with van der Waals surface area (Å²) in [5.41, 5.74) is 1.39. The predicted molar refractivity (Wildman–Crippen MR) is 110 cm³/mol. The number of carbonyl (C=O) groups is 1. The molecule has 0 radical (unpaired) electrons. The molecule has 4 nitrogen and oxygen atoms in total. The Labute approximate surface area is 169 Å². The monoisotopic (exact) mass is 394 g/mol. The highest BCUT2D eigenvalue weighted by atomic mass is 19.1. The van der Waals surface area contributed by atoms with Gasteiger partial charge in [-0.25, -0.2) is 4.39 Å². The topological polar surface area (TPSA) is 44.8 Å². The lowest BCUT2D eigenvalue weighted by Gasteiger charge is -2.20. The molecule has 0 aromatic heterocycles. The normalized spacial score (nSPS) is 11.6. The fraction of sp³-hybridized carbons (Fsp3) is 0.208. The minimum absolute atomic E-state index is 0.262. The number of Topliss-reactive ketones (excluding diaryl/α,β-unsaturated/α-hetero) is 1. The van der Waals surface area contributed by atoms with E-state index in [1.165, 1.54) is 0 Å². The van der Waals surface area contributed by atoms with Gasteiger partial charge in [-0.15, -0.1) is 0 Å². The van der Waals surface area contributed by atoms with Crippen LogP contribution in [0, 0.1) is 0 Å². The van der Waals surface area contributed by atoms with Gasteiger partial charge in [0.1, 0.15) is 29.7 Å². The number of hydrogen-bond acceptors (Lipinski definition) is 4. The van der Waals surface area contributed by atoms with Crippen LogP contribution in [0.5, 0.6) is 23.0 Å². The zero-order valence-electron chi connectivity index (χ0n) is 16.4. The van der Waals surface area contributed by atoms with Crippen LogP contribution in [0.3, 0.4) is 0 Å². The largest absolute Gasteiger partial charge is 0.497 e. The number of carbonyl (C=O) groups excluding carboxylic acids is 1. The number of benzene rings is 3. The quantitative estimate of drug-likeness (QED) is 0.490. The van der Waals surface area contributed by atoms with Crippen LogP contribution >= 0.6 is 0 Å². The standard InChI is InChI=1S/C24H23FO4/c1-27-19-12-13-23(28-2)17(14-19)15-21(22(26)16-25)20-10-6-7-11-24(20)29-18-8-4-3-5-9-18/h3-14,21H,15-16H2,1-2H3. The first-order valence-corrected chi connectivity index (χ1v) is 9.27. The van der Waals surface area contributed by atoms with Crippen LogP contribution in [0.2, 0.25) is 0 Å². The second kappa shape index (κ2) is 9.73. The number of ketones is 1. The van der Waals surface area contributed by atoms with Crippen LogP contribution in [0.1, 0.15) is 17.0 Å². The molecule has 0 amide bonds. The molecule has 0 aliphatic rings. The fourth-order valence-corrected chi connectivity index (χ4v) is 3.23. The van der Waals surface area contributed by atoms with Gasteiger partial charge < -0.3 is 14.2 Å². The second-order valence-electron chi connectivity index (χ2n) is 6.49. The van der Waals surface area contributed by atoms with E-state index in [-0.39, 0.29) is 6.42 Å². The minimum Gasteiger partial charge on any atom is -0.497 e. The van der Waals surface area contributed by atoms with Crippen LogP contribution < -0.4 is 14.2 Å². The van der Waals surface area contributed by atoms with Crippen LogP contribution in [0.15, 0.2) is 72.8 Å². The fourth-order valence-electron chi connectivity index (χ4n) is 3.23. The van der Waals surface area contributed by atoms with Crippen LogP contribution in [0.25, 0.3) is 0 Å². The van der Waals surface area contributed by atoms with Crippen LogP contribution in [-0.2, 0) is 11.2 Å². The molecule has 0 N–H and O–H groups in total. The summed E-state index contributed by atoms with van der Waals surface area (Å²) in [5.74, 6) is 1.18. The number of hydrogen-bond donors (Lipinski definition) is 0. The van der Waals surface area contributed by atoms with Crippen molar-refractivity contribution >= 4 is 5.78 Å². The highest BCUT2D eigenvalue weighted by Gasteiger charge is 2.26. The maximum Gasteiger partial charge on any atom is 0.171 e. The van der Waals surface area contributed by atoms with Gasteiger partial charge in [0.15, 0.2) is 5.78 Å². The molecule has 3 aromatic rings. The van der Waals surface area contributed by atoms with Crippen molar-refractivity contribution in [2.24, 2.45) is 0 Å². The van der Waals surface area contributed by atoms with Crippen molar-refractivity contribution in [1.82, 2.24) is 0 Å². The SMILES string of the molecule is COc1ccc(OC)c(CC(C(=O)CF)c2ccccc2Oc2ccccc2)c1. The van der Waals surface area contributed by atoms with E-state index >= 15 is 0 Å². The van der Waals surface area contributed by atoms with Crippen LogP contribution in [-0.4, -0.2) is 26.7 Å². The van der Waals surface area contributed by atoms with Gasteiger partial charge in [0.05, 0.1) is 20.1 Å². The van der Waals surface area contributed by atoms with E-state index in [0.717, 1.165) is 5.56 Å². The molecular weight excluding hydrogens is 371 g/mol. The Balaban J connectivity index is 2.00. The minimum atomic E-state index is -1.06. The number of halogens is 1. The Bertz CT molecular complexity index is 956. The van der Waals surface area contributed by atoms with Gasteiger partial charge in [0, 0.05) is 5.56 Å². The molecule has 3 aromatic carbocycles. The number of para-hydroxylation sites is 2. The van der Waals surface area contributed by atoms with Crippen molar-refractivity contribution in [3.05, 3.63) is 83.9 Å². The van der Waals surface area contributed by atoms with Crippen molar-refractivity contribution < 1.29 is 23.4 Å². The Kier molecular flexibility index (Phi) is 6.85. The van der Waals surface area contributed by atoms with Crippen molar-refractivity contribution in [2.45, 2.75) is 12.3 Å². The van der Waals surface area contributed by atoms with E-state index in [4.69, 9.17) is 14.2 Å². The highest BCUT2D eigenvalue weighted by Crippen LogP contribution is 2.36. The number of methoxy groups -OCH3 is 2.